The van der Waals surface area contributed by atoms with Crippen LogP contribution in [0.5, 0.6) is 5.75 Å². The minimum atomic E-state index is -0.507. The number of anilines is 1. The van der Waals surface area contributed by atoms with Crippen LogP contribution in [-0.4, -0.2) is 59.0 Å². The number of benzene rings is 1. The number of carbonyl (C=O) groups is 1. The first kappa shape index (κ1) is 25.7. The van der Waals surface area contributed by atoms with E-state index in [1.165, 1.54) is 17.8 Å². The summed E-state index contributed by atoms with van der Waals surface area (Å²) >= 11 is 1.49. The molecule has 0 N–H and O–H groups in total. The highest BCUT2D eigenvalue weighted by atomic mass is 32.2. The van der Waals surface area contributed by atoms with Gasteiger partial charge in [-0.25, -0.2) is 19.2 Å². The number of hydrogen-bond donors (Lipinski definition) is 0. The van der Waals surface area contributed by atoms with Crippen molar-refractivity contribution in [2.24, 2.45) is 0 Å². The molecule has 32 heavy (non-hydrogen) atoms. The van der Waals surface area contributed by atoms with Gasteiger partial charge in [0.2, 0.25) is 5.95 Å². The molecule has 1 amide bonds. The largest absolute Gasteiger partial charge is 0.486 e. The fraction of sp³-hybridized carbons (Fsp3) is 0.522. The van der Waals surface area contributed by atoms with Crippen LogP contribution in [0.2, 0.25) is 0 Å². The highest BCUT2D eigenvalue weighted by Gasteiger charge is 2.26. The third kappa shape index (κ3) is 7.55. The van der Waals surface area contributed by atoms with E-state index in [-0.39, 0.29) is 18.5 Å². The maximum Gasteiger partial charge on any atom is 0.410 e. The molecular weight excluding hydrogens is 431 g/mol. The van der Waals surface area contributed by atoms with Crippen molar-refractivity contribution < 1.29 is 18.7 Å². The molecule has 1 aliphatic rings. The van der Waals surface area contributed by atoms with Crippen molar-refractivity contribution in [3.8, 4) is 5.75 Å². The summed E-state index contributed by atoms with van der Waals surface area (Å²) in [5.74, 6) is 0.753. The Balaban J connectivity index is 0.00000176. The average Bonchev–Trinajstić information content (AvgIpc) is 2.79. The zero-order chi connectivity index (χ0) is 23.7. The summed E-state index contributed by atoms with van der Waals surface area (Å²) < 4.78 is 25.1. The number of thioether (sulfide) groups is 1. The van der Waals surface area contributed by atoms with Crippen LogP contribution in [0.1, 0.15) is 40.2 Å². The summed E-state index contributed by atoms with van der Waals surface area (Å²) in [7, 11) is 0. The monoisotopic (exact) mass is 464 g/mol. The van der Waals surface area contributed by atoms with E-state index in [0.29, 0.717) is 43.4 Å². The quantitative estimate of drug-likeness (QED) is 0.577. The Hall–Kier alpha value is -2.55. The van der Waals surface area contributed by atoms with E-state index in [0.717, 1.165) is 4.90 Å². The summed E-state index contributed by atoms with van der Waals surface area (Å²) in [4.78, 5) is 25.4. The van der Waals surface area contributed by atoms with Crippen LogP contribution in [0.3, 0.4) is 0 Å². The molecule has 2 aromatic rings. The third-order valence-corrected chi connectivity index (χ3v) is 5.21. The number of rotatable bonds is 5. The number of piperazine rings is 1. The lowest BCUT2D eigenvalue weighted by molar-refractivity contribution is 0.0240. The van der Waals surface area contributed by atoms with Gasteiger partial charge in [-0.15, -0.1) is 11.8 Å². The number of nitrogens with zero attached hydrogens (tertiary/aromatic N) is 4. The molecule has 1 aromatic heterocycles. The molecule has 0 spiro atoms. The molecule has 0 unspecified atom stereocenters. The number of halogens is 1. The van der Waals surface area contributed by atoms with Gasteiger partial charge in [-0.1, -0.05) is 19.9 Å². The second kappa shape index (κ2) is 11.9. The summed E-state index contributed by atoms with van der Waals surface area (Å²) in [5.41, 5.74) is -0.0253. The first-order valence-electron chi connectivity index (χ1n) is 10.8. The summed E-state index contributed by atoms with van der Waals surface area (Å²) in [5, 5.41) is 0. The van der Waals surface area contributed by atoms with Gasteiger partial charge in [-0.2, -0.15) is 0 Å². The predicted octanol–water partition coefficient (Wildman–Crippen LogP) is 5.00. The molecule has 1 saturated heterocycles. The van der Waals surface area contributed by atoms with E-state index >= 15 is 0 Å². The van der Waals surface area contributed by atoms with Crippen LogP contribution in [-0.2, 0) is 11.3 Å². The van der Waals surface area contributed by atoms with Crippen molar-refractivity contribution in [2.45, 2.75) is 51.7 Å². The normalized spacial score (nSPS) is 13.8. The van der Waals surface area contributed by atoms with Gasteiger partial charge in [0.15, 0.2) is 5.75 Å². The number of aromatic nitrogens is 2. The van der Waals surface area contributed by atoms with E-state index < -0.39 is 5.60 Å². The summed E-state index contributed by atoms with van der Waals surface area (Å²) in [6.45, 7) is 12.0. The van der Waals surface area contributed by atoms with Crippen LogP contribution in [0.15, 0.2) is 35.5 Å². The average molecular weight is 465 g/mol. The Labute approximate surface area is 194 Å². The van der Waals surface area contributed by atoms with E-state index in [2.05, 4.69) is 9.97 Å². The minimum absolute atomic E-state index is 0.109. The second-order valence-corrected chi connectivity index (χ2v) is 8.80. The predicted molar refractivity (Wildman–Crippen MR) is 126 cm³/mol. The van der Waals surface area contributed by atoms with Crippen LogP contribution >= 0.6 is 11.8 Å². The van der Waals surface area contributed by atoms with Crippen LogP contribution in [0, 0.1) is 5.82 Å². The topological polar surface area (TPSA) is 67.8 Å². The Bertz CT molecular complexity index is 867. The molecule has 1 aliphatic heterocycles. The summed E-state index contributed by atoms with van der Waals surface area (Å²) in [6, 6.07) is 5.09. The van der Waals surface area contributed by atoms with Crippen molar-refractivity contribution in [2.75, 3.05) is 37.3 Å². The van der Waals surface area contributed by atoms with E-state index in [9.17, 15) is 9.18 Å². The Morgan fingerprint density at radius 1 is 1.12 bits per heavy atom. The SMILES string of the molecule is CC.CSc1ccc(COc2cnc(N3CCN(C(=O)OC(C)(C)C)CC3)nc2)c(F)c1. The van der Waals surface area contributed by atoms with Crippen molar-refractivity contribution in [1.29, 1.82) is 0 Å². The van der Waals surface area contributed by atoms with E-state index in [4.69, 9.17) is 9.47 Å². The molecule has 9 heteroatoms. The van der Waals surface area contributed by atoms with Gasteiger partial charge in [0.05, 0.1) is 12.4 Å². The molecule has 176 valence electrons. The fourth-order valence-corrected chi connectivity index (χ4v) is 3.32. The van der Waals surface area contributed by atoms with Crippen molar-refractivity contribution in [3.05, 3.63) is 42.0 Å². The maximum atomic E-state index is 14.1. The van der Waals surface area contributed by atoms with Gasteiger partial charge in [0, 0.05) is 36.6 Å². The van der Waals surface area contributed by atoms with Crippen LogP contribution in [0.25, 0.3) is 0 Å². The van der Waals surface area contributed by atoms with Crippen LogP contribution < -0.4 is 9.64 Å². The Morgan fingerprint density at radius 2 is 1.75 bits per heavy atom. The molecule has 0 atom stereocenters. The molecule has 1 aromatic carbocycles. The first-order chi connectivity index (χ1) is 15.2. The molecule has 0 saturated carbocycles. The molecule has 3 rings (SSSR count). The first-order valence-corrected chi connectivity index (χ1v) is 12.0. The number of amides is 1. The molecule has 0 bridgehead atoms. The van der Waals surface area contributed by atoms with Crippen LogP contribution in [0.4, 0.5) is 15.1 Å². The number of hydrogen-bond acceptors (Lipinski definition) is 7. The smallest absolute Gasteiger partial charge is 0.410 e. The zero-order valence-corrected chi connectivity index (χ0v) is 20.5. The van der Waals surface area contributed by atoms with Gasteiger partial charge < -0.3 is 19.3 Å². The Morgan fingerprint density at radius 3 is 2.28 bits per heavy atom. The molecule has 0 aliphatic carbocycles. The fourth-order valence-electron chi connectivity index (χ4n) is 2.90. The third-order valence-electron chi connectivity index (χ3n) is 4.48. The van der Waals surface area contributed by atoms with Gasteiger partial charge >= 0.3 is 6.09 Å². The standard InChI is InChI=1S/C21H27FN4O3S.C2H6/c1-21(2,3)29-20(27)26-9-7-25(8-10-26)19-23-12-16(13-24-19)28-14-15-5-6-17(30-4)11-18(15)22;1-2/h5-6,11-13H,7-10,14H2,1-4H3;1-2H3. The van der Waals surface area contributed by atoms with Gasteiger partial charge in [0.25, 0.3) is 0 Å². The minimum Gasteiger partial charge on any atom is -0.486 e. The highest BCUT2D eigenvalue weighted by molar-refractivity contribution is 7.98. The summed E-state index contributed by atoms with van der Waals surface area (Å²) in [6.07, 6.45) is 4.76. The number of carbonyl (C=O) groups excluding carboxylic acids is 1. The van der Waals surface area contributed by atoms with E-state index in [1.54, 1.807) is 23.4 Å². The van der Waals surface area contributed by atoms with Gasteiger partial charge in [-0.3, -0.25) is 0 Å². The lowest BCUT2D eigenvalue weighted by Crippen LogP contribution is -2.50. The lowest BCUT2D eigenvalue weighted by Gasteiger charge is -2.35. The van der Waals surface area contributed by atoms with E-state index in [1.807, 2.05) is 51.8 Å². The lowest BCUT2D eigenvalue weighted by atomic mass is 10.2. The molecule has 0 radical (unpaired) electrons. The Kier molecular flexibility index (Phi) is 9.56. The molecular formula is C23H33FN4O3S. The van der Waals surface area contributed by atoms with Crippen molar-refractivity contribution in [3.63, 3.8) is 0 Å². The van der Waals surface area contributed by atoms with Crippen molar-refractivity contribution >= 4 is 23.8 Å². The van der Waals surface area contributed by atoms with Crippen molar-refractivity contribution in [1.82, 2.24) is 14.9 Å². The molecule has 7 nitrogen and oxygen atoms in total. The maximum absolute atomic E-state index is 14.1. The highest BCUT2D eigenvalue weighted by Crippen LogP contribution is 2.21. The van der Waals surface area contributed by atoms with Gasteiger partial charge in [-0.05, 0) is 39.2 Å². The zero-order valence-electron chi connectivity index (χ0n) is 19.7. The van der Waals surface area contributed by atoms with Gasteiger partial charge in [0.1, 0.15) is 18.0 Å². The number of ether oxygens (including phenoxy) is 2. The molecule has 2 heterocycles. The molecule has 1 fully saturated rings. The second-order valence-electron chi connectivity index (χ2n) is 7.92.